The van der Waals surface area contributed by atoms with Crippen LogP contribution in [0.2, 0.25) is 0 Å². The van der Waals surface area contributed by atoms with Gasteiger partial charge in [0.05, 0.1) is 22.6 Å². The molecule has 0 fully saturated rings. The molecule has 5 nitrogen and oxygen atoms in total. The quantitative estimate of drug-likeness (QED) is 0.859. The monoisotopic (exact) mass is 282 g/mol. The number of benzene rings is 1. The van der Waals surface area contributed by atoms with Crippen LogP contribution >= 0.6 is 0 Å². The molecular formula is C13H18N2O3S. The SMILES string of the molecule is CCOC(C)CNS(=O)(=O)c1cc(C#N)ccc1C. The highest BCUT2D eigenvalue weighted by atomic mass is 32.2. The lowest BCUT2D eigenvalue weighted by Gasteiger charge is -2.14. The molecule has 0 aliphatic carbocycles. The van der Waals surface area contributed by atoms with Crippen molar-refractivity contribution in [1.82, 2.24) is 4.72 Å². The number of nitrogens with zero attached hydrogens (tertiary/aromatic N) is 1. The summed E-state index contributed by atoms with van der Waals surface area (Å²) < 4.78 is 32.1. The van der Waals surface area contributed by atoms with E-state index >= 15 is 0 Å². The Morgan fingerprint density at radius 2 is 2.16 bits per heavy atom. The molecule has 0 spiro atoms. The van der Waals surface area contributed by atoms with Crippen LogP contribution in [0.5, 0.6) is 0 Å². The summed E-state index contributed by atoms with van der Waals surface area (Å²) in [6.45, 7) is 6.08. The number of aryl methyl sites for hydroxylation is 1. The molecule has 0 aromatic heterocycles. The number of nitrogens with one attached hydrogen (secondary N) is 1. The predicted octanol–water partition coefficient (Wildman–Crippen LogP) is 1.57. The van der Waals surface area contributed by atoms with E-state index in [0.717, 1.165) is 0 Å². The minimum Gasteiger partial charge on any atom is -0.377 e. The Morgan fingerprint density at radius 1 is 1.47 bits per heavy atom. The second kappa shape index (κ2) is 6.66. The maximum atomic E-state index is 12.2. The zero-order chi connectivity index (χ0) is 14.5. The fraction of sp³-hybridized carbons (Fsp3) is 0.462. The van der Waals surface area contributed by atoms with Crippen LogP contribution in [0.4, 0.5) is 0 Å². The lowest BCUT2D eigenvalue weighted by Crippen LogP contribution is -2.32. The van der Waals surface area contributed by atoms with Gasteiger partial charge in [-0.1, -0.05) is 6.07 Å². The summed E-state index contributed by atoms with van der Waals surface area (Å²) in [4.78, 5) is 0.134. The zero-order valence-corrected chi connectivity index (χ0v) is 12.1. The highest BCUT2D eigenvalue weighted by Crippen LogP contribution is 2.16. The number of sulfonamides is 1. The van der Waals surface area contributed by atoms with E-state index in [9.17, 15) is 8.42 Å². The fourth-order valence-electron chi connectivity index (χ4n) is 1.61. The number of nitriles is 1. The lowest BCUT2D eigenvalue weighted by molar-refractivity contribution is 0.0799. The van der Waals surface area contributed by atoms with Crippen molar-refractivity contribution in [2.24, 2.45) is 0 Å². The van der Waals surface area contributed by atoms with Gasteiger partial charge >= 0.3 is 0 Å². The summed E-state index contributed by atoms with van der Waals surface area (Å²) >= 11 is 0. The van der Waals surface area contributed by atoms with Crippen molar-refractivity contribution in [3.63, 3.8) is 0 Å². The topological polar surface area (TPSA) is 79.2 Å². The second-order valence-electron chi connectivity index (χ2n) is 4.21. The molecule has 0 radical (unpaired) electrons. The highest BCUT2D eigenvalue weighted by molar-refractivity contribution is 7.89. The van der Waals surface area contributed by atoms with Gasteiger partial charge in [-0.15, -0.1) is 0 Å². The summed E-state index contributed by atoms with van der Waals surface area (Å²) in [7, 11) is -3.62. The van der Waals surface area contributed by atoms with Crippen molar-refractivity contribution in [2.45, 2.75) is 31.8 Å². The Labute approximate surface area is 114 Å². The van der Waals surface area contributed by atoms with Gasteiger partial charge in [-0.2, -0.15) is 5.26 Å². The first-order chi connectivity index (χ1) is 8.90. The number of rotatable bonds is 6. The smallest absolute Gasteiger partial charge is 0.240 e. The van der Waals surface area contributed by atoms with Crippen LogP contribution < -0.4 is 4.72 Å². The van der Waals surface area contributed by atoms with E-state index in [2.05, 4.69) is 4.72 Å². The highest BCUT2D eigenvalue weighted by Gasteiger charge is 2.18. The van der Waals surface area contributed by atoms with Gasteiger partial charge in [0.2, 0.25) is 10.0 Å². The molecule has 1 aromatic rings. The van der Waals surface area contributed by atoms with Gasteiger partial charge in [-0.3, -0.25) is 0 Å². The van der Waals surface area contributed by atoms with E-state index in [4.69, 9.17) is 10.00 Å². The molecule has 1 unspecified atom stereocenters. The van der Waals surface area contributed by atoms with E-state index in [0.29, 0.717) is 17.7 Å². The first-order valence-electron chi connectivity index (χ1n) is 6.02. The largest absolute Gasteiger partial charge is 0.377 e. The minimum absolute atomic E-state index is 0.134. The number of hydrogen-bond donors (Lipinski definition) is 1. The molecule has 1 aromatic carbocycles. The Balaban J connectivity index is 2.92. The molecule has 6 heteroatoms. The minimum atomic E-state index is -3.62. The molecule has 0 amide bonds. The fourth-order valence-corrected chi connectivity index (χ4v) is 2.99. The van der Waals surface area contributed by atoms with Crippen LogP contribution in [0, 0.1) is 18.3 Å². The molecule has 0 aliphatic rings. The third kappa shape index (κ3) is 4.31. The van der Waals surface area contributed by atoms with E-state index in [1.165, 1.54) is 6.07 Å². The first kappa shape index (κ1) is 15.6. The molecule has 0 bridgehead atoms. The van der Waals surface area contributed by atoms with Gasteiger partial charge in [0.15, 0.2) is 0 Å². The summed E-state index contributed by atoms with van der Waals surface area (Å²) in [6.07, 6.45) is -0.195. The Bertz CT molecular complexity index is 576. The van der Waals surface area contributed by atoms with Crippen molar-refractivity contribution in [2.75, 3.05) is 13.2 Å². The zero-order valence-electron chi connectivity index (χ0n) is 11.3. The molecule has 0 saturated carbocycles. The standard InChI is InChI=1S/C13H18N2O3S/c1-4-18-11(3)9-15-19(16,17)13-7-12(8-14)6-5-10(13)2/h5-7,11,15H,4,9H2,1-3H3. The van der Waals surface area contributed by atoms with Gasteiger partial charge in [0, 0.05) is 13.2 Å². The third-order valence-electron chi connectivity index (χ3n) is 2.62. The molecule has 1 atom stereocenters. The van der Waals surface area contributed by atoms with Crippen LogP contribution in [-0.4, -0.2) is 27.7 Å². The molecular weight excluding hydrogens is 264 g/mol. The van der Waals surface area contributed by atoms with Crippen molar-refractivity contribution < 1.29 is 13.2 Å². The number of ether oxygens (including phenoxy) is 1. The van der Waals surface area contributed by atoms with Crippen molar-refractivity contribution in [3.8, 4) is 6.07 Å². The van der Waals surface area contributed by atoms with E-state index in [1.54, 1.807) is 26.0 Å². The first-order valence-corrected chi connectivity index (χ1v) is 7.51. The molecule has 0 heterocycles. The van der Waals surface area contributed by atoms with Crippen LogP contribution in [0.15, 0.2) is 23.1 Å². The molecule has 19 heavy (non-hydrogen) atoms. The molecule has 1 rings (SSSR count). The summed E-state index contributed by atoms with van der Waals surface area (Å²) in [5.74, 6) is 0. The molecule has 104 valence electrons. The van der Waals surface area contributed by atoms with E-state index in [1.807, 2.05) is 13.0 Å². The average molecular weight is 282 g/mol. The van der Waals surface area contributed by atoms with Gasteiger partial charge in [-0.05, 0) is 38.5 Å². The normalized spacial score (nSPS) is 12.9. The Kier molecular flexibility index (Phi) is 5.48. The van der Waals surface area contributed by atoms with Gasteiger partial charge in [0.1, 0.15) is 0 Å². The van der Waals surface area contributed by atoms with Crippen LogP contribution in [0.25, 0.3) is 0 Å². The third-order valence-corrected chi connectivity index (χ3v) is 4.18. The van der Waals surface area contributed by atoms with Gasteiger partial charge < -0.3 is 4.74 Å². The number of hydrogen-bond acceptors (Lipinski definition) is 4. The van der Waals surface area contributed by atoms with Crippen molar-refractivity contribution in [1.29, 1.82) is 5.26 Å². The lowest BCUT2D eigenvalue weighted by atomic mass is 10.2. The van der Waals surface area contributed by atoms with E-state index in [-0.39, 0.29) is 17.5 Å². The summed E-state index contributed by atoms with van der Waals surface area (Å²) in [6, 6.07) is 6.53. The van der Waals surface area contributed by atoms with E-state index < -0.39 is 10.0 Å². The van der Waals surface area contributed by atoms with Crippen molar-refractivity contribution in [3.05, 3.63) is 29.3 Å². The van der Waals surface area contributed by atoms with Gasteiger partial charge in [-0.25, -0.2) is 13.1 Å². The predicted molar refractivity (Wildman–Crippen MR) is 72.2 cm³/mol. The summed E-state index contributed by atoms with van der Waals surface area (Å²) in [5, 5.41) is 8.82. The maximum absolute atomic E-state index is 12.2. The average Bonchev–Trinajstić information content (AvgIpc) is 2.37. The Hall–Kier alpha value is -1.42. The molecule has 0 saturated heterocycles. The van der Waals surface area contributed by atoms with Crippen LogP contribution in [0.3, 0.4) is 0 Å². The second-order valence-corrected chi connectivity index (χ2v) is 5.95. The Morgan fingerprint density at radius 3 is 2.74 bits per heavy atom. The van der Waals surface area contributed by atoms with Crippen LogP contribution in [-0.2, 0) is 14.8 Å². The molecule has 1 N–H and O–H groups in total. The summed E-state index contributed by atoms with van der Waals surface area (Å²) in [5.41, 5.74) is 0.930. The maximum Gasteiger partial charge on any atom is 0.240 e. The van der Waals surface area contributed by atoms with Crippen molar-refractivity contribution >= 4 is 10.0 Å². The van der Waals surface area contributed by atoms with Crippen LogP contribution in [0.1, 0.15) is 25.0 Å². The molecule has 0 aliphatic heterocycles. The van der Waals surface area contributed by atoms with Gasteiger partial charge in [0.25, 0.3) is 0 Å².